The molecular formula is C19H19FN2O4S. The van der Waals surface area contributed by atoms with Gasteiger partial charge in [0.05, 0.1) is 17.2 Å². The van der Waals surface area contributed by atoms with Crippen LogP contribution in [-0.4, -0.2) is 49.7 Å². The zero-order valence-corrected chi connectivity index (χ0v) is 15.5. The molecule has 2 aromatic carbocycles. The van der Waals surface area contributed by atoms with Gasteiger partial charge in [0.25, 0.3) is 11.8 Å². The Labute approximate surface area is 156 Å². The van der Waals surface area contributed by atoms with Gasteiger partial charge in [-0.2, -0.15) is 0 Å². The summed E-state index contributed by atoms with van der Waals surface area (Å²) in [6, 6.07) is 11.5. The first-order valence-corrected chi connectivity index (χ1v) is 10.2. The van der Waals surface area contributed by atoms with Crippen molar-refractivity contribution >= 4 is 27.3 Å². The Kier molecular flexibility index (Phi) is 5.27. The summed E-state index contributed by atoms with van der Waals surface area (Å²) in [4.78, 5) is 26.4. The van der Waals surface area contributed by atoms with Gasteiger partial charge >= 0.3 is 0 Å². The summed E-state index contributed by atoms with van der Waals surface area (Å²) in [5, 5.41) is 2.47. The Hall–Kier alpha value is -2.74. The van der Waals surface area contributed by atoms with Crippen LogP contribution in [0.4, 0.5) is 10.1 Å². The molecule has 142 valence electrons. The molecule has 1 N–H and O–H groups in total. The maximum Gasteiger partial charge on any atom is 0.255 e. The lowest BCUT2D eigenvalue weighted by atomic mass is 10.1. The molecule has 1 unspecified atom stereocenters. The number of benzene rings is 2. The number of para-hydroxylation sites is 1. The normalized spacial score (nSPS) is 18.1. The third-order valence-electron chi connectivity index (χ3n) is 4.57. The molecule has 0 radical (unpaired) electrons. The molecule has 1 atom stereocenters. The van der Waals surface area contributed by atoms with Gasteiger partial charge in [0, 0.05) is 24.2 Å². The first-order valence-electron chi connectivity index (χ1n) is 8.40. The zero-order valence-electron chi connectivity index (χ0n) is 14.7. The quantitative estimate of drug-likeness (QED) is 0.869. The lowest BCUT2D eigenvalue weighted by molar-refractivity contribution is 0.0747. The number of sulfone groups is 1. The van der Waals surface area contributed by atoms with Gasteiger partial charge in [0.15, 0.2) is 9.84 Å². The molecule has 1 fully saturated rings. The van der Waals surface area contributed by atoms with Gasteiger partial charge in [0.1, 0.15) is 5.82 Å². The summed E-state index contributed by atoms with van der Waals surface area (Å²) in [5.74, 6) is -1.44. The first-order chi connectivity index (χ1) is 12.8. The predicted octanol–water partition coefficient (Wildman–Crippen LogP) is 2.34. The topological polar surface area (TPSA) is 83.6 Å². The molecule has 2 aromatic rings. The summed E-state index contributed by atoms with van der Waals surface area (Å²) < 4.78 is 36.9. The number of nitrogens with zero attached hydrogens (tertiary/aromatic N) is 1. The van der Waals surface area contributed by atoms with E-state index >= 15 is 0 Å². The van der Waals surface area contributed by atoms with E-state index in [-0.39, 0.29) is 40.3 Å². The maximum atomic E-state index is 13.7. The van der Waals surface area contributed by atoms with Crippen LogP contribution < -0.4 is 5.32 Å². The molecular weight excluding hydrogens is 371 g/mol. The fourth-order valence-corrected chi connectivity index (χ4v) is 4.78. The number of carbonyl (C=O) groups excluding carboxylic acids is 2. The van der Waals surface area contributed by atoms with Crippen LogP contribution >= 0.6 is 0 Å². The molecule has 2 amide bonds. The van der Waals surface area contributed by atoms with Gasteiger partial charge in [0.2, 0.25) is 0 Å². The molecule has 27 heavy (non-hydrogen) atoms. The number of amides is 2. The van der Waals surface area contributed by atoms with Gasteiger partial charge in [-0.15, -0.1) is 0 Å². The van der Waals surface area contributed by atoms with Gasteiger partial charge in [-0.1, -0.05) is 18.2 Å². The highest BCUT2D eigenvalue weighted by atomic mass is 32.2. The second kappa shape index (κ2) is 7.48. The molecule has 1 aliphatic rings. The molecule has 1 aliphatic heterocycles. The minimum atomic E-state index is -3.11. The third kappa shape index (κ3) is 4.33. The lowest BCUT2D eigenvalue weighted by Crippen LogP contribution is -2.37. The Morgan fingerprint density at radius 2 is 1.81 bits per heavy atom. The van der Waals surface area contributed by atoms with Crippen LogP contribution in [0.1, 0.15) is 27.1 Å². The number of rotatable bonds is 4. The molecule has 1 saturated heterocycles. The Balaban J connectivity index is 1.76. The van der Waals surface area contributed by atoms with Crippen LogP contribution in [0, 0.1) is 5.82 Å². The Morgan fingerprint density at radius 3 is 2.48 bits per heavy atom. The first kappa shape index (κ1) is 19.0. The monoisotopic (exact) mass is 390 g/mol. The SMILES string of the molecule is CN(C(=O)c1cccc(C(=O)Nc2ccccc2F)c1)C1CCS(=O)(=O)C1. The second-order valence-corrected chi connectivity index (χ2v) is 8.72. The fourth-order valence-electron chi connectivity index (χ4n) is 3.00. The van der Waals surface area contributed by atoms with Gasteiger partial charge in [-0.05, 0) is 36.8 Å². The van der Waals surface area contributed by atoms with Crippen LogP contribution in [0.5, 0.6) is 0 Å². The average Bonchev–Trinajstić information content (AvgIpc) is 3.02. The third-order valence-corrected chi connectivity index (χ3v) is 6.32. The average molecular weight is 390 g/mol. The Morgan fingerprint density at radius 1 is 1.11 bits per heavy atom. The summed E-state index contributed by atoms with van der Waals surface area (Å²) in [5.41, 5.74) is 0.520. The van der Waals surface area contributed by atoms with E-state index < -0.39 is 21.6 Å². The minimum absolute atomic E-state index is 0.0486. The van der Waals surface area contributed by atoms with Crippen molar-refractivity contribution < 1.29 is 22.4 Å². The van der Waals surface area contributed by atoms with Crippen molar-refractivity contribution in [2.45, 2.75) is 12.5 Å². The molecule has 1 heterocycles. The zero-order chi connectivity index (χ0) is 19.6. The second-order valence-electron chi connectivity index (χ2n) is 6.49. The van der Waals surface area contributed by atoms with Crippen LogP contribution in [0.15, 0.2) is 48.5 Å². The molecule has 6 nitrogen and oxygen atoms in total. The summed E-state index contributed by atoms with van der Waals surface area (Å²) in [7, 11) is -1.55. The van der Waals surface area contributed by atoms with Crippen LogP contribution in [-0.2, 0) is 9.84 Å². The molecule has 0 saturated carbocycles. The number of nitrogens with one attached hydrogen (secondary N) is 1. The van der Waals surface area contributed by atoms with Crippen molar-refractivity contribution in [3.63, 3.8) is 0 Å². The van der Waals surface area contributed by atoms with E-state index in [0.717, 1.165) is 0 Å². The van der Waals surface area contributed by atoms with Crippen molar-refractivity contribution in [2.24, 2.45) is 0 Å². The number of hydrogen-bond donors (Lipinski definition) is 1. The summed E-state index contributed by atoms with van der Waals surface area (Å²) >= 11 is 0. The molecule has 3 rings (SSSR count). The highest BCUT2D eigenvalue weighted by molar-refractivity contribution is 7.91. The predicted molar refractivity (Wildman–Crippen MR) is 99.9 cm³/mol. The van der Waals surface area contributed by atoms with Crippen molar-refractivity contribution in [2.75, 3.05) is 23.9 Å². The van der Waals surface area contributed by atoms with Crippen LogP contribution in [0.3, 0.4) is 0 Å². The molecule has 0 aromatic heterocycles. The van der Waals surface area contributed by atoms with Crippen molar-refractivity contribution in [1.82, 2.24) is 4.90 Å². The van der Waals surface area contributed by atoms with Crippen molar-refractivity contribution in [3.05, 3.63) is 65.5 Å². The maximum absolute atomic E-state index is 13.7. The molecule has 8 heteroatoms. The Bertz CT molecular complexity index is 991. The minimum Gasteiger partial charge on any atom is -0.338 e. The smallest absolute Gasteiger partial charge is 0.255 e. The largest absolute Gasteiger partial charge is 0.338 e. The molecule has 0 bridgehead atoms. The summed E-state index contributed by atoms with van der Waals surface area (Å²) in [6.45, 7) is 0. The van der Waals surface area contributed by atoms with E-state index in [4.69, 9.17) is 0 Å². The molecule has 0 spiro atoms. The number of halogens is 1. The lowest BCUT2D eigenvalue weighted by Gasteiger charge is -2.23. The van der Waals surface area contributed by atoms with Crippen molar-refractivity contribution in [1.29, 1.82) is 0 Å². The van der Waals surface area contributed by atoms with Crippen molar-refractivity contribution in [3.8, 4) is 0 Å². The van der Waals surface area contributed by atoms with Crippen LogP contribution in [0.2, 0.25) is 0 Å². The fraction of sp³-hybridized carbons (Fsp3) is 0.263. The van der Waals surface area contributed by atoms with Gasteiger partial charge < -0.3 is 10.2 Å². The summed E-state index contributed by atoms with van der Waals surface area (Å²) in [6.07, 6.45) is 0.401. The van der Waals surface area contributed by atoms with Gasteiger partial charge in [-0.25, -0.2) is 12.8 Å². The van der Waals surface area contributed by atoms with E-state index in [9.17, 15) is 22.4 Å². The molecule has 0 aliphatic carbocycles. The van der Waals surface area contributed by atoms with Crippen LogP contribution in [0.25, 0.3) is 0 Å². The van der Waals surface area contributed by atoms with Gasteiger partial charge in [-0.3, -0.25) is 9.59 Å². The van der Waals surface area contributed by atoms with E-state index in [0.29, 0.717) is 6.42 Å². The number of anilines is 1. The number of hydrogen-bond acceptors (Lipinski definition) is 4. The highest BCUT2D eigenvalue weighted by Gasteiger charge is 2.33. The highest BCUT2D eigenvalue weighted by Crippen LogP contribution is 2.20. The van der Waals surface area contributed by atoms with E-state index in [1.807, 2.05) is 0 Å². The van der Waals surface area contributed by atoms with E-state index in [2.05, 4.69) is 5.32 Å². The standard InChI is InChI=1S/C19H19FN2O4S/c1-22(15-9-10-27(25,26)12-15)19(24)14-6-4-5-13(11-14)18(23)21-17-8-3-2-7-16(17)20/h2-8,11,15H,9-10,12H2,1H3,(H,21,23). The number of carbonyl (C=O) groups is 2. The van der Waals surface area contributed by atoms with E-state index in [1.165, 1.54) is 35.2 Å². The van der Waals surface area contributed by atoms with E-state index in [1.54, 1.807) is 25.2 Å².